The molecule has 0 unspecified atom stereocenters. The molecule has 0 saturated carbocycles. The molecule has 2 aromatic heterocycles. The number of aromatic nitrogens is 4. The van der Waals surface area contributed by atoms with Crippen molar-refractivity contribution in [3.05, 3.63) is 52.7 Å². The number of likely N-dealkylation sites (tertiary alicyclic amines) is 1. The van der Waals surface area contributed by atoms with Crippen LogP contribution < -0.4 is 0 Å². The molecule has 1 saturated heterocycles. The highest BCUT2D eigenvalue weighted by molar-refractivity contribution is 5.99. The number of carbonyl (C=O) groups excluding carboxylic acids is 1. The van der Waals surface area contributed by atoms with E-state index in [9.17, 15) is 4.79 Å². The highest BCUT2D eigenvalue weighted by atomic mass is 16.2. The third-order valence-corrected chi connectivity index (χ3v) is 4.89. The van der Waals surface area contributed by atoms with Gasteiger partial charge in [0.25, 0.3) is 5.91 Å². The molecule has 0 spiro atoms. The zero-order valence-corrected chi connectivity index (χ0v) is 14.7. The third kappa shape index (κ3) is 2.67. The fourth-order valence-electron chi connectivity index (χ4n) is 3.60. The number of nitrogens with one attached hydrogen (secondary N) is 1. The molecule has 3 aromatic rings. The number of fused-ring (bicyclic) bond motifs is 1. The second-order valence-electron chi connectivity index (χ2n) is 6.70. The van der Waals surface area contributed by atoms with Crippen molar-refractivity contribution in [2.45, 2.75) is 39.7 Å². The summed E-state index contributed by atoms with van der Waals surface area (Å²) in [7, 11) is 0. The first kappa shape index (κ1) is 15.7. The number of nitrogens with zero attached hydrogens (tertiary/aromatic N) is 4. The van der Waals surface area contributed by atoms with Gasteiger partial charge in [-0.25, -0.2) is 4.98 Å². The Morgan fingerprint density at radius 2 is 2.08 bits per heavy atom. The van der Waals surface area contributed by atoms with E-state index in [1.165, 1.54) is 0 Å². The van der Waals surface area contributed by atoms with Gasteiger partial charge in [-0.15, -0.1) is 0 Å². The van der Waals surface area contributed by atoms with Crippen molar-refractivity contribution in [2.75, 3.05) is 6.54 Å². The molecule has 1 aliphatic heterocycles. The van der Waals surface area contributed by atoms with Crippen LogP contribution in [0.25, 0.3) is 10.9 Å². The van der Waals surface area contributed by atoms with Gasteiger partial charge in [-0.1, -0.05) is 18.2 Å². The smallest absolute Gasteiger partial charge is 0.256 e. The van der Waals surface area contributed by atoms with Crippen molar-refractivity contribution in [1.82, 2.24) is 25.1 Å². The molecular weight excluding hydrogens is 314 g/mol. The molecule has 6 nitrogen and oxygen atoms in total. The highest BCUT2D eigenvalue weighted by Crippen LogP contribution is 2.32. The second-order valence-corrected chi connectivity index (χ2v) is 6.70. The number of pyridine rings is 1. The van der Waals surface area contributed by atoms with Crippen LogP contribution in [0.15, 0.2) is 24.3 Å². The number of H-pyrrole nitrogens is 1. The lowest BCUT2D eigenvalue weighted by Gasteiger charge is -2.23. The van der Waals surface area contributed by atoms with Crippen molar-refractivity contribution in [3.8, 4) is 0 Å². The summed E-state index contributed by atoms with van der Waals surface area (Å²) in [5, 5.41) is 8.14. The topological polar surface area (TPSA) is 74.8 Å². The molecule has 0 radical (unpaired) electrons. The Kier molecular flexibility index (Phi) is 3.75. The van der Waals surface area contributed by atoms with Gasteiger partial charge in [-0.3, -0.25) is 14.9 Å². The molecule has 1 atom stereocenters. The molecule has 1 N–H and O–H groups in total. The number of carbonyl (C=O) groups is 1. The average Bonchev–Trinajstić information content (AvgIpc) is 3.23. The molecule has 6 heteroatoms. The summed E-state index contributed by atoms with van der Waals surface area (Å²) in [6.07, 6.45) is 1.85. The molecule has 4 rings (SSSR count). The number of aryl methyl sites for hydroxylation is 3. The largest absolute Gasteiger partial charge is 0.328 e. The van der Waals surface area contributed by atoms with E-state index in [0.29, 0.717) is 11.4 Å². The number of hydrogen-bond donors (Lipinski definition) is 1. The minimum Gasteiger partial charge on any atom is -0.328 e. The zero-order valence-electron chi connectivity index (χ0n) is 14.7. The molecule has 1 fully saturated rings. The van der Waals surface area contributed by atoms with E-state index in [-0.39, 0.29) is 11.9 Å². The van der Waals surface area contributed by atoms with Crippen LogP contribution in [0.5, 0.6) is 0 Å². The maximum absolute atomic E-state index is 13.2. The van der Waals surface area contributed by atoms with Crippen molar-refractivity contribution in [1.29, 1.82) is 0 Å². The Balaban J connectivity index is 1.73. The summed E-state index contributed by atoms with van der Waals surface area (Å²) >= 11 is 0. The molecule has 1 aliphatic rings. The van der Waals surface area contributed by atoms with Crippen LogP contribution in [-0.2, 0) is 0 Å². The first-order chi connectivity index (χ1) is 12.0. The van der Waals surface area contributed by atoms with Gasteiger partial charge in [0.15, 0.2) is 5.82 Å². The molecule has 0 bridgehead atoms. The average molecular weight is 335 g/mol. The summed E-state index contributed by atoms with van der Waals surface area (Å²) in [5.74, 6) is 1.48. The molecule has 25 heavy (non-hydrogen) atoms. The summed E-state index contributed by atoms with van der Waals surface area (Å²) < 4.78 is 0. The van der Waals surface area contributed by atoms with Gasteiger partial charge in [0, 0.05) is 11.9 Å². The third-order valence-electron chi connectivity index (χ3n) is 4.89. The van der Waals surface area contributed by atoms with Crippen LogP contribution in [0.1, 0.15) is 52.1 Å². The standard InChI is InChI=1S/C19H21N5O/c1-11-6-4-7-14-10-15(12(2)20-17(11)14)19(25)24-9-5-8-16(24)18-21-13(3)22-23-18/h4,6-7,10,16H,5,8-9H2,1-3H3,(H,21,22,23)/t16-/m0/s1. The maximum atomic E-state index is 13.2. The predicted octanol–water partition coefficient (Wildman–Crippen LogP) is 3.26. The van der Waals surface area contributed by atoms with Gasteiger partial charge >= 0.3 is 0 Å². The van der Waals surface area contributed by atoms with E-state index in [1.807, 2.05) is 49.9 Å². The van der Waals surface area contributed by atoms with E-state index < -0.39 is 0 Å². The Bertz CT molecular complexity index is 962. The van der Waals surface area contributed by atoms with E-state index in [2.05, 4.69) is 20.2 Å². The monoisotopic (exact) mass is 335 g/mol. The minimum atomic E-state index is -0.0648. The SMILES string of the molecule is Cc1nc([C@@H]2CCCN2C(=O)c2cc3cccc(C)c3nc2C)n[nH]1. The molecule has 0 aliphatic carbocycles. The number of rotatable bonds is 2. The van der Waals surface area contributed by atoms with Crippen LogP contribution in [-0.4, -0.2) is 37.5 Å². The Labute approximate surface area is 146 Å². The Hall–Kier alpha value is -2.76. The number of benzene rings is 1. The van der Waals surface area contributed by atoms with Gasteiger partial charge in [0.05, 0.1) is 22.8 Å². The van der Waals surface area contributed by atoms with Gasteiger partial charge in [0.2, 0.25) is 0 Å². The Morgan fingerprint density at radius 3 is 2.84 bits per heavy atom. The van der Waals surface area contributed by atoms with Gasteiger partial charge in [-0.2, -0.15) is 5.10 Å². The highest BCUT2D eigenvalue weighted by Gasteiger charge is 2.34. The normalized spacial score (nSPS) is 17.4. The number of amides is 1. The van der Waals surface area contributed by atoms with Gasteiger partial charge in [0.1, 0.15) is 5.82 Å². The predicted molar refractivity (Wildman–Crippen MR) is 95.3 cm³/mol. The quantitative estimate of drug-likeness (QED) is 0.780. The summed E-state index contributed by atoms with van der Waals surface area (Å²) in [6.45, 7) is 6.54. The van der Waals surface area contributed by atoms with Crippen LogP contribution in [0.3, 0.4) is 0 Å². The molecule has 3 heterocycles. The number of hydrogen-bond acceptors (Lipinski definition) is 4. The van der Waals surface area contributed by atoms with E-state index >= 15 is 0 Å². The van der Waals surface area contributed by atoms with E-state index in [0.717, 1.165) is 47.4 Å². The van der Waals surface area contributed by atoms with Crippen LogP contribution in [0.2, 0.25) is 0 Å². The minimum absolute atomic E-state index is 0.0124. The summed E-state index contributed by atoms with van der Waals surface area (Å²) in [4.78, 5) is 24.2. The van der Waals surface area contributed by atoms with Crippen LogP contribution in [0.4, 0.5) is 0 Å². The molecule has 1 amide bonds. The lowest BCUT2D eigenvalue weighted by molar-refractivity contribution is 0.0729. The summed E-state index contributed by atoms with van der Waals surface area (Å²) in [6, 6.07) is 7.94. The maximum Gasteiger partial charge on any atom is 0.256 e. The van der Waals surface area contributed by atoms with Crippen molar-refractivity contribution >= 4 is 16.8 Å². The van der Waals surface area contributed by atoms with Crippen LogP contribution >= 0.6 is 0 Å². The molecular formula is C19H21N5O. The van der Waals surface area contributed by atoms with Gasteiger partial charge < -0.3 is 4.90 Å². The summed E-state index contributed by atoms with van der Waals surface area (Å²) in [5.41, 5.74) is 3.51. The zero-order chi connectivity index (χ0) is 17.6. The van der Waals surface area contributed by atoms with Crippen molar-refractivity contribution in [3.63, 3.8) is 0 Å². The van der Waals surface area contributed by atoms with Gasteiger partial charge in [-0.05, 0) is 45.2 Å². The lowest BCUT2D eigenvalue weighted by atomic mass is 10.1. The first-order valence-electron chi connectivity index (χ1n) is 8.61. The fourth-order valence-corrected chi connectivity index (χ4v) is 3.60. The second kappa shape index (κ2) is 5.95. The fraction of sp³-hybridized carbons (Fsp3) is 0.368. The molecule has 128 valence electrons. The van der Waals surface area contributed by atoms with Crippen molar-refractivity contribution < 1.29 is 4.79 Å². The van der Waals surface area contributed by atoms with Crippen molar-refractivity contribution in [2.24, 2.45) is 0 Å². The first-order valence-corrected chi connectivity index (χ1v) is 8.61. The lowest BCUT2D eigenvalue weighted by Crippen LogP contribution is -2.31. The van der Waals surface area contributed by atoms with Crippen LogP contribution in [0, 0.1) is 20.8 Å². The Morgan fingerprint density at radius 1 is 1.24 bits per heavy atom. The molecule has 1 aromatic carbocycles. The van der Waals surface area contributed by atoms with E-state index in [4.69, 9.17) is 0 Å². The number of aromatic amines is 1. The van der Waals surface area contributed by atoms with E-state index in [1.54, 1.807) is 0 Å². The number of para-hydroxylation sites is 1.